The fraction of sp³-hybridized carbons (Fsp3) is 0.690. The third-order valence-corrected chi connectivity index (χ3v) is 8.04. The van der Waals surface area contributed by atoms with Gasteiger partial charge in [-0.2, -0.15) is 0 Å². The molecule has 0 aromatic heterocycles. The zero-order valence-electron chi connectivity index (χ0n) is 21.1. The van der Waals surface area contributed by atoms with E-state index in [1.807, 2.05) is 0 Å². The van der Waals surface area contributed by atoms with Gasteiger partial charge in [-0.1, -0.05) is 58.0 Å². The molecule has 1 saturated heterocycles. The molecule has 32 heavy (non-hydrogen) atoms. The third-order valence-electron chi connectivity index (χ3n) is 8.04. The molecular formula is C29H45NO2. The van der Waals surface area contributed by atoms with Gasteiger partial charge in [-0.25, -0.2) is 0 Å². The van der Waals surface area contributed by atoms with E-state index < -0.39 is 0 Å². The van der Waals surface area contributed by atoms with Gasteiger partial charge in [0.05, 0.1) is 17.9 Å². The third kappa shape index (κ3) is 5.58. The van der Waals surface area contributed by atoms with Gasteiger partial charge >= 0.3 is 0 Å². The lowest BCUT2D eigenvalue weighted by atomic mass is 9.70. The monoisotopic (exact) mass is 439 g/mol. The van der Waals surface area contributed by atoms with Crippen LogP contribution in [0.2, 0.25) is 0 Å². The number of rotatable bonds is 9. The first-order valence-corrected chi connectivity index (χ1v) is 13.2. The van der Waals surface area contributed by atoms with Crippen LogP contribution in [-0.4, -0.2) is 23.0 Å². The van der Waals surface area contributed by atoms with E-state index in [9.17, 15) is 4.79 Å². The Labute approximate surface area is 196 Å². The molecule has 1 aliphatic heterocycles. The minimum Gasteiger partial charge on any atom is -0.495 e. The van der Waals surface area contributed by atoms with Gasteiger partial charge in [0.15, 0.2) is 0 Å². The molecule has 3 unspecified atom stereocenters. The van der Waals surface area contributed by atoms with Gasteiger partial charge in [-0.15, -0.1) is 0 Å². The van der Waals surface area contributed by atoms with Gasteiger partial charge < -0.3 is 9.64 Å². The van der Waals surface area contributed by atoms with Crippen LogP contribution in [0.3, 0.4) is 0 Å². The molecule has 2 aliphatic rings. The Hall–Kier alpha value is -1.77. The Bertz CT molecular complexity index is 748. The lowest BCUT2D eigenvalue weighted by Gasteiger charge is -2.43. The second-order valence-electron chi connectivity index (χ2n) is 10.3. The average molecular weight is 440 g/mol. The van der Waals surface area contributed by atoms with Gasteiger partial charge in [0.1, 0.15) is 0 Å². The van der Waals surface area contributed by atoms with E-state index in [2.05, 4.69) is 75.9 Å². The largest absolute Gasteiger partial charge is 0.495 e. The normalized spacial score (nSPS) is 29.7. The summed E-state index contributed by atoms with van der Waals surface area (Å²) in [6.07, 6.45) is 12.8. The standard InChI is InChI=1S/C29H45NO2/c1-6-12-26(21-22(4)7-2)32-25-17-19-29(8-3,20-18-25)28(31)30-23(5)15-16-27(30)24-13-10-9-11-14-24/h9-11,13-14,21-23,25,27H,6-8,12,15-20H2,1-5H3/b26-21+. The quantitative estimate of drug-likeness (QED) is 0.367. The van der Waals surface area contributed by atoms with Crippen molar-refractivity contribution in [3.8, 4) is 0 Å². The van der Waals surface area contributed by atoms with E-state index >= 15 is 0 Å². The van der Waals surface area contributed by atoms with E-state index in [0.717, 1.165) is 64.2 Å². The minimum absolute atomic E-state index is 0.225. The van der Waals surface area contributed by atoms with Crippen molar-refractivity contribution in [1.29, 1.82) is 0 Å². The lowest BCUT2D eigenvalue weighted by Crippen LogP contribution is -2.48. The topological polar surface area (TPSA) is 29.5 Å². The first-order valence-electron chi connectivity index (χ1n) is 13.2. The van der Waals surface area contributed by atoms with Crippen molar-refractivity contribution in [3.05, 3.63) is 47.7 Å². The molecule has 0 bridgehead atoms. The summed E-state index contributed by atoms with van der Waals surface area (Å²) in [6.45, 7) is 11.2. The minimum atomic E-state index is -0.225. The summed E-state index contributed by atoms with van der Waals surface area (Å²) in [5.41, 5.74) is 1.06. The van der Waals surface area contributed by atoms with E-state index in [1.54, 1.807) is 0 Å². The molecule has 178 valence electrons. The van der Waals surface area contributed by atoms with Crippen LogP contribution >= 0.6 is 0 Å². The van der Waals surface area contributed by atoms with Crippen LogP contribution in [0.25, 0.3) is 0 Å². The predicted molar refractivity (Wildman–Crippen MR) is 133 cm³/mol. The smallest absolute Gasteiger partial charge is 0.229 e. The number of allylic oxidation sites excluding steroid dienone is 2. The zero-order valence-corrected chi connectivity index (χ0v) is 21.1. The Kier molecular flexibility index (Phi) is 8.85. The summed E-state index contributed by atoms with van der Waals surface area (Å²) in [5.74, 6) is 2.11. The van der Waals surface area contributed by atoms with Crippen LogP contribution in [0.5, 0.6) is 0 Å². The maximum Gasteiger partial charge on any atom is 0.229 e. The highest BCUT2D eigenvalue weighted by atomic mass is 16.5. The molecule has 0 N–H and O–H groups in total. The number of amides is 1. The number of carbonyl (C=O) groups excluding carboxylic acids is 1. The molecule has 0 radical (unpaired) electrons. The van der Waals surface area contributed by atoms with E-state index in [0.29, 0.717) is 17.9 Å². The molecule has 3 nitrogen and oxygen atoms in total. The first kappa shape index (κ1) is 24.9. The van der Waals surface area contributed by atoms with Crippen molar-refractivity contribution < 1.29 is 9.53 Å². The summed E-state index contributed by atoms with van der Waals surface area (Å²) >= 11 is 0. The van der Waals surface area contributed by atoms with Crippen molar-refractivity contribution in [2.75, 3.05) is 0 Å². The number of hydrogen-bond donors (Lipinski definition) is 0. The summed E-state index contributed by atoms with van der Waals surface area (Å²) in [4.78, 5) is 16.3. The van der Waals surface area contributed by atoms with E-state index in [-0.39, 0.29) is 17.6 Å². The number of likely N-dealkylation sites (tertiary alicyclic amines) is 1. The maximum atomic E-state index is 14.0. The number of hydrogen-bond acceptors (Lipinski definition) is 2. The number of ether oxygens (including phenoxy) is 1. The second kappa shape index (κ2) is 11.4. The van der Waals surface area contributed by atoms with Gasteiger partial charge in [0.2, 0.25) is 5.91 Å². The Morgan fingerprint density at radius 1 is 1.12 bits per heavy atom. The van der Waals surface area contributed by atoms with Gasteiger partial charge in [-0.05, 0) is 82.3 Å². The molecular weight excluding hydrogens is 394 g/mol. The van der Waals surface area contributed by atoms with Crippen LogP contribution in [0.4, 0.5) is 0 Å². The number of nitrogens with zero attached hydrogens (tertiary/aromatic N) is 1. The van der Waals surface area contributed by atoms with Crippen LogP contribution in [0.1, 0.15) is 110 Å². The van der Waals surface area contributed by atoms with Crippen molar-refractivity contribution in [1.82, 2.24) is 4.90 Å². The summed E-state index contributed by atoms with van der Waals surface area (Å²) in [7, 11) is 0. The second-order valence-corrected chi connectivity index (χ2v) is 10.3. The van der Waals surface area contributed by atoms with Crippen molar-refractivity contribution in [3.63, 3.8) is 0 Å². The molecule has 1 aromatic carbocycles. The Morgan fingerprint density at radius 3 is 2.41 bits per heavy atom. The van der Waals surface area contributed by atoms with E-state index in [4.69, 9.17) is 4.74 Å². The summed E-state index contributed by atoms with van der Waals surface area (Å²) < 4.78 is 6.50. The molecule has 3 heteroatoms. The maximum absolute atomic E-state index is 14.0. The lowest BCUT2D eigenvalue weighted by molar-refractivity contribution is -0.149. The highest BCUT2D eigenvalue weighted by Gasteiger charge is 2.47. The Balaban J connectivity index is 1.70. The van der Waals surface area contributed by atoms with E-state index in [1.165, 1.54) is 11.3 Å². The number of benzene rings is 1. The molecule has 0 spiro atoms. The highest BCUT2D eigenvalue weighted by molar-refractivity contribution is 5.84. The predicted octanol–water partition coefficient (Wildman–Crippen LogP) is 7.82. The highest BCUT2D eigenvalue weighted by Crippen LogP contribution is 2.46. The SMILES string of the molecule is CCC/C(=C\C(C)CC)OC1CCC(CC)(C(=O)N2C(C)CCC2c2ccccc2)CC1. The molecule has 1 aliphatic carbocycles. The van der Waals surface area contributed by atoms with Crippen LogP contribution < -0.4 is 0 Å². The molecule has 3 rings (SSSR count). The van der Waals surface area contributed by atoms with Crippen LogP contribution in [-0.2, 0) is 9.53 Å². The molecule has 1 heterocycles. The van der Waals surface area contributed by atoms with Crippen LogP contribution in [0.15, 0.2) is 42.2 Å². The zero-order chi connectivity index (χ0) is 23.1. The first-order chi connectivity index (χ1) is 15.4. The molecule has 3 atom stereocenters. The fourth-order valence-corrected chi connectivity index (χ4v) is 5.66. The van der Waals surface area contributed by atoms with Crippen molar-refractivity contribution in [2.24, 2.45) is 11.3 Å². The van der Waals surface area contributed by atoms with Crippen LogP contribution in [0, 0.1) is 11.3 Å². The van der Waals surface area contributed by atoms with Crippen molar-refractivity contribution >= 4 is 5.91 Å². The summed E-state index contributed by atoms with van der Waals surface area (Å²) in [6, 6.07) is 11.2. The average Bonchev–Trinajstić information content (AvgIpc) is 3.21. The van der Waals surface area contributed by atoms with Gasteiger partial charge in [-0.3, -0.25) is 4.79 Å². The Morgan fingerprint density at radius 2 is 1.81 bits per heavy atom. The van der Waals surface area contributed by atoms with Crippen molar-refractivity contribution in [2.45, 2.75) is 117 Å². The van der Waals surface area contributed by atoms with Gasteiger partial charge in [0, 0.05) is 17.9 Å². The molecule has 1 aromatic rings. The summed E-state index contributed by atoms with van der Waals surface area (Å²) in [5, 5.41) is 0. The molecule has 2 fully saturated rings. The molecule has 1 amide bonds. The van der Waals surface area contributed by atoms with Gasteiger partial charge in [0.25, 0.3) is 0 Å². The fourth-order valence-electron chi connectivity index (χ4n) is 5.66. The number of carbonyl (C=O) groups is 1. The molecule has 1 saturated carbocycles.